The standard InChI is InChI=1S/C11H14N2O2/c1-13-10(7-15-11(13)14)6-8-2-4-9(12)5-3-8/h2-5,10H,6-7,12H2,1H3. The van der Waals surface area contributed by atoms with Crippen molar-refractivity contribution in [3.8, 4) is 0 Å². The second-order valence-corrected chi connectivity index (χ2v) is 3.79. The van der Waals surface area contributed by atoms with E-state index in [1.54, 1.807) is 11.9 Å². The summed E-state index contributed by atoms with van der Waals surface area (Å²) < 4.78 is 4.94. The number of nitrogen functional groups attached to an aromatic ring is 1. The Labute approximate surface area is 88.6 Å². The molecule has 0 bridgehead atoms. The van der Waals surface area contributed by atoms with Crippen LogP contribution in [0.1, 0.15) is 5.56 Å². The topological polar surface area (TPSA) is 55.6 Å². The van der Waals surface area contributed by atoms with E-state index in [4.69, 9.17) is 10.5 Å². The van der Waals surface area contributed by atoms with Crippen LogP contribution >= 0.6 is 0 Å². The smallest absolute Gasteiger partial charge is 0.409 e. The van der Waals surface area contributed by atoms with Crippen molar-refractivity contribution in [3.63, 3.8) is 0 Å². The summed E-state index contributed by atoms with van der Waals surface area (Å²) in [7, 11) is 1.76. The third-order valence-corrected chi connectivity index (χ3v) is 2.69. The van der Waals surface area contributed by atoms with Crippen molar-refractivity contribution >= 4 is 11.8 Å². The van der Waals surface area contributed by atoms with Gasteiger partial charge < -0.3 is 15.4 Å². The summed E-state index contributed by atoms with van der Waals surface area (Å²) >= 11 is 0. The summed E-state index contributed by atoms with van der Waals surface area (Å²) in [4.78, 5) is 12.7. The molecule has 1 fully saturated rings. The number of hydrogen-bond donors (Lipinski definition) is 1. The average Bonchev–Trinajstić information content (AvgIpc) is 2.53. The Morgan fingerprint density at radius 1 is 1.47 bits per heavy atom. The van der Waals surface area contributed by atoms with Crippen molar-refractivity contribution in [1.82, 2.24) is 4.90 Å². The van der Waals surface area contributed by atoms with Gasteiger partial charge in [-0.1, -0.05) is 12.1 Å². The van der Waals surface area contributed by atoms with Crippen molar-refractivity contribution in [1.29, 1.82) is 0 Å². The molecule has 80 valence electrons. The molecule has 15 heavy (non-hydrogen) atoms. The quantitative estimate of drug-likeness (QED) is 0.741. The number of ether oxygens (including phenoxy) is 1. The van der Waals surface area contributed by atoms with Crippen molar-refractivity contribution in [3.05, 3.63) is 29.8 Å². The van der Waals surface area contributed by atoms with Gasteiger partial charge in [0.15, 0.2) is 0 Å². The number of anilines is 1. The highest BCUT2D eigenvalue weighted by Gasteiger charge is 2.29. The third-order valence-electron chi connectivity index (χ3n) is 2.69. The zero-order valence-electron chi connectivity index (χ0n) is 8.64. The Kier molecular flexibility index (Phi) is 2.49. The van der Waals surface area contributed by atoms with Gasteiger partial charge in [0.05, 0.1) is 6.04 Å². The Bertz CT molecular complexity index is 361. The summed E-state index contributed by atoms with van der Waals surface area (Å²) in [6.07, 6.45) is 0.568. The highest BCUT2D eigenvalue weighted by Crippen LogP contribution is 2.15. The molecule has 0 aliphatic carbocycles. The number of carbonyl (C=O) groups excluding carboxylic acids is 1. The van der Waals surface area contributed by atoms with Gasteiger partial charge in [0.25, 0.3) is 0 Å². The highest BCUT2D eigenvalue weighted by atomic mass is 16.6. The lowest BCUT2D eigenvalue weighted by Gasteiger charge is -2.15. The number of likely N-dealkylation sites (N-methyl/N-ethyl adjacent to an activating group) is 1. The van der Waals surface area contributed by atoms with Crippen LogP contribution in [0.4, 0.5) is 10.5 Å². The van der Waals surface area contributed by atoms with Crippen LogP contribution in [0.5, 0.6) is 0 Å². The minimum absolute atomic E-state index is 0.140. The lowest BCUT2D eigenvalue weighted by Crippen LogP contribution is -2.30. The first-order chi connectivity index (χ1) is 7.16. The summed E-state index contributed by atoms with van der Waals surface area (Å²) in [5.74, 6) is 0. The number of benzene rings is 1. The lowest BCUT2D eigenvalue weighted by atomic mass is 10.1. The highest BCUT2D eigenvalue weighted by molar-refractivity contribution is 5.69. The van der Waals surface area contributed by atoms with E-state index in [-0.39, 0.29) is 12.1 Å². The molecule has 2 rings (SSSR count). The fraction of sp³-hybridized carbons (Fsp3) is 0.364. The number of cyclic esters (lactones) is 1. The van der Waals surface area contributed by atoms with E-state index >= 15 is 0 Å². The molecule has 2 N–H and O–H groups in total. The molecule has 1 unspecified atom stereocenters. The molecule has 1 aromatic carbocycles. The Hall–Kier alpha value is -1.71. The van der Waals surface area contributed by atoms with Gasteiger partial charge in [0.2, 0.25) is 0 Å². The Morgan fingerprint density at radius 3 is 2.67 bits per heavy atom. The number of nitrogens with two attached hydrogens (primary N) is 1. The number of nitrogens with zero attached hydrogens (tertiary/aromatic N) is 1. The molecule has 1 amide bonds. The van der Waals surface area contributed by atoms with E-state index in [0.29, 0.717) is 6.61 Å². The molecule has 1 atom stereocenters. The van der Waals surface area contributed by atoms with E-state index in [0.717, 1.165) is 12.1 Å². The van der Waals surface area contributed by atoms with Crippen LogP contribution in [0.3, 0.4) is 0 Å². The molecular formula is C11H14N2O2. The maximum atomic E-state index is 11.1. The number of hydrogen-bond acceptors (Lipinski definition) is 3. The molecule has 0 aromatic heterocycles. The summed E-state index contributed by atoms with van der Waals surface area (Å²) in [6, 6.07) is 7.83. The van der Waals surface area contributed by atoms with E-state index in [2.05, 4.69) is 0 Å². The van der Waals surface area contributed by atoms with Gasteiger partial charge in [-0.3, -0.25) is 0 Å². The molecule has 1 aliphatic heterocycles. The van der Waals surface area contributed by atoms with Crippen LogP contribution in [0, 0.1) is 0 Å². The largest absolute Gasteiger partial charge is 0.447 e. The number of rotatable bonds is 2. The average molecular weight is 206 g/mol. The van der Waals surface area contributed by atoms with E-state index in [9.17, 15) is 4.79 Å². The van der Waals surface area contributed by atoms with Crippen molar-refractivity contribution < 1.29 is 9.53 Å². The van der Waals surface area contributed by atoms with Crippen molar-refractivity contribution in [2.24, 2.45) is 0 Å². The fourth-order valence-electron chi connectivity index (χ4n) is 1.65. The summed E-state index contributed by atoms with van der Waals surface area (Å²) in [5.41, 5.74) is 7.52. The molecule has 1 aromatic rings. The number of carbonyl (C=O) groups is 1. The molecule has 1 heterocycles. The van der Waals surface area contributed by atoms with Gasteiger partial charge in [0.1, 0.15) is 6.61 Å². The van der Waals surface area contributed by atoms with Crippen molar-refractivity contribution in [2.45, 2.75) is 12.5 Å². The minimum atomic E-state index is -0.240. The van der Waals surface area contributed by atoms with Crippen LogP contribution in [0.2, 0.25) is 0 Å². The molecule has 1 aliphatic rings. The molecule has 1 saturated heterocycles. The molecule has 0 radical (unpaired) electrons. The SMILES string of the molecule is CN1C(=O)OCC1Cc1ccc(N)cc1. The van der Waals surface area contributed by atoms with E-state index in [1.807, 2.05) is 24.3 Å². The van der Waals surface area contributed by atoms with Crippen LogP contribution < -0.4 is 5.73 Å². The Morgan fingerprint density at radius 2 is 2.13 bits per heavy atom. The zero-order valence-corrected chi connectivity index (χ0v) is 8.64. The van der Waals surface area contributed by atoms with Gasteiger partial charge >= 0.3 is 6.09 Å². The predicted octanol–water partition coefficient (Wildman–Crippen LogP) is 1.26. The van der Waals surface area contributed by atoms with Gasteiger partial charge in [-0.25, -0.2) is 4.79 Å². The fourth-order valence-corrected chi connectivity index (χ4v) is 1.65. The van der Waals surface area contributed by atoms with Gasteiger partial charge in [-0.15, -0.1) is 0 Å². The van der Waals surface area contributed by atoms with Gasteiger partial charge in [-0.05, 0) is 24.1 Å². The van der Waals surface area contributed by atoms with E-state index in [1.165, 1.54) is 5.56 Å². The number of amides is 1. The van der Waals surface area contributed by atoms with Crippen LogP contribution in [-0.2, 0) is 11.2 Å². The molecule has 4 nitrogen and oxygen atoms in total. The van der Waals surface area contributed by atoms with E-state index < -0.39 is 0 Å². The van der Waals surface area contributed by atoms with Crippen LogP contribution in [0.15, 0.2) is 24.3 Å². The second kappa shape index (κ2) is 3.81. The lowest BCUT2D eigenvalue weighted by molar-refractivity contribution is 0.163. The second-order valence-electron chi connectivity index (χ2n) is 3.79. The van der Waals surface area contributed by atoms with Gasteiger partial charge in [0, 0.05) is 12.7 Å². The first-order valence-corrected chi connectivity index (χ1v) is 4.91. The maximum Gasteiger partial charge on any atom is 0.409 e. The maximum absolute atomic E-state index is 11.1. The first-order valence-electron chi connectivity index (χ1n) is 4.91. The molecular weight excluding hydrogens is 192 g/mol. The summed E-state index contributed by atoms with van der Waals surface area (Å²) in [5, 5.41) is 0. The molecule has 0 spiro atoms. The van der Waals surface area contributed by atoms with Crippen LogP contribution in [-0.4, -0.2) is 30.7 Å². The third kappa shape index (κ3) is 2.03. The molecule has 0 saturated carbocycles. The molecule has 4 heteroatoms. The van der Waals surface area contributed by atoms with Gasteiger partial charge in [-0.2, -0.15) is 0 Å². The predicted molar refractivity (Wildman–Crippen MR) is 57.5 cm³/mol. The normalized spacial score (nSPS) is 20.5. The summed E-state index contributed by atoms with van der Waals surface area (Å²) in [6.45, 7) is 0.472. The van der Waals surface area contributed by atoms with Crippen LogP contribution in [0.25, 0.3) is 0 Å². The first kappa shape index (κ1) is 9.83. The van der Waals surface area contributed by atoms with Crippen molar-refractivity contribution in [2.75, 3.05) is 19.4 Å². The zero-order chi connectivity index (χ0) is 10.8. The Balaban J connectivity index is 2.03. The minimum Gasteiger partial charge on any atom is -0.447 e. The monoisotopic (exact) mass is 206 g/mol.